The molecule has 0 saturated carbocycles. The van der Waals surface area contributed by atoms with Crippen LogP contribution in [0.15, 0.2) is 49.1 Å². The van der Waals surface area contributed by atoms with E-state index in [0.29, 0.717) is 6.42 Å². The highest BCUT2D eigenvalue weighted by Gasteiger charge is 2.12. The molecule has 1 aromatic rings. The Morgan fingerprint density at radius 1 is 1.36 bits per heavy atom. The molecular formula is C13H16O. The summed E-state index contributed by atoms with van der Waals surface area (Å²) in [4.78, 5) is 0. The summed E-state index contributed by atoms with van der Waals surface area (Å²) in [7, 11) is 0. The van der Waals surface area contributed by atoms with E-state index in [1.807, 2.05) is 36.4 Å². The van der Waals surface area contributed by atoms with Crippen molar-refractivity contribution in [2.24, 2.45) is 0 Å². The first-order valence-electron chi connectivity index (χ1n) is 4.72. The molecular weight excluding hydrogens is 172 g/mol. The monoisotopic (exact) mass is 188 g/mol. The normalized spacial score (nSPS) is 15.3. The number of hydrogen-bond donors (Lipinski definition) is 1. The van der Waals surface area contributed by atoms with Crippen LogP contribution in [0.1, 0.15) is 18.9 Å². The molecule has 0 amide bonds. The highest BCUT2D eigenvalue weighted by molar-refractivity contribution is 5.50. The fraction of sp³-hybridized carbons (Fsp3) is 0.231. The van der Waals surface area contributed by atoms with E-state index in [4.69, 9.17) is 0 Å². The maximum Gasteiger partial charge on any atom is 0.0837 e. The van der Waals surface area contributed by atoms with Crippen molar-refractivity contribution < 1.29 is 5.11 Å². The fourth-order valence-electron chi connectivity index (χ4n) is 1.20. The minimum atomic E-state index is -0.794. The van der Waals surface area contributed by atoms with Crippen LogP contribution in [0.25, 0.3) is 6.08 Å². The molecule has 0 fully saturated rings. The van der Waals surface area contributed by atoms with Crippen LogP contribution < -0.4 is 0 Å². The summed E-state index contributed by atoms with van der Waals surface area (Å²) in [6.45, 7) is 5.38. The van der Waals surface area contributed by atoms with Crippen molar-refractivity contribution in [1.82, 2.24) is 0 Å². The predicted molar refractivity (Wildman–Crippen MR) is 60.9 cm³/mol. The molecule has 1 nitrogen and oxygen atoms in total. The summed E-state index contributed by atoms with van der Waals surface area (Å²) in [5.74, 6) is 0. The molecule has 14 heavy (non-hydrogen) atoms. The predicted octanol–water partition coefficient (Wildman–Crippen LogP) is 3.03. The topological polar surface area (TPSA) is 20.2 Å². The third-order valence-corrected chi connectivity index (χ3v) is 1.99. The van der Waals surface area contributed by atoms with Crippen LogP contribution in [0.3, 0.4) is 0 Å². The van der Waals surface area contributed by atoms with Crippen LogP contribution in [-0.4, -0.2) is 10.7 Å². The van der Waals surface area contributed by atoms with Gasteiger partial charge in [-0.25, -0.2) is 0 Å². The number of benzene rings is 1. The zero-order chi connectivity index (χ0) is 10.4. The maximum absolute atomic E-state index is 9.82. The van der Waals surface area contributed by atoms with Gasteiger partial charge in [-0.2, -0.15) is 0 Å². The average molecular weight is 188 g/mol. The van der Waals surface area contributed by atoms with E-state index in [0.717, 1.165) is 5.56 Å². The molecule has 0 heterocycles. The van der Waals surface area contributed by atoms with Gasteiger partial charge < -0.3 is 5.11 Å². The molecule has 1 atom stereocenters. The molecule has 0 saturated heterocycles. The van der Waals surface area contributed by atoms with Crippen molar-refractivity contribution in [1.29, 1.82) is 0 Å². The van der Waals surface area contributed by atoms with Crippen LogP contribution in [0.2, 0.25) is 0 Å². The van der Waals surface area contributed by atoms with Gasteiger partial charge in [0.15, 0.2) is 0 Å². The Hall–Kier alpha value is -1.34. The lowest BCUT2D eigenvalue weighted by Gasteiger charge is -2.15. The van der Waals surface area contributed by atoms with Crippen molar-refractivity contribution in [3.05, 3.63) is 54.6 Å². The van der Waals surface area contributed by atoms with Crippen LogP contribution in [-0.2, 0) is 0 Å². The van der Waals surface area contributed by atoms with Gasteiger partial charge in [-0.1, -0.05) is 48.6 Å². The van der Waals surface area contributed by atoms with Crippen molar-refractivity contribution >= 4 is 6.08 Å². The molecule has 0 aliphatic carbocycles. The van der Waals surface area contributed by atoms with Crippen molar-refractivity contribution in [2.75, 3.05) is 0 Å². The largest absolute Gasteiger partial charge is 0.386 e. The number of hydrogen-bond acceptors (Lipinski definition) is 1. The lowest BCUT2D eigenvalue weighted by molar-refractivity contribution is 0.116. The molecule has 0 radical (unpaired) electrons. The second-order valence-corrected chi connectivity index (χ2v) is 3.59. The van der Waals surface area contributed by atoms with Crippen LogP contribution in [0, 0.1) is 0 Å². The maximum atomic E-state index is 9.82. The van der Waals surface area contributed by atoms with Gasteiger partial charge in [0.25, 0.3) is 0 Å². The first kappa shape index (κ1) is 10.7. The van der Waals surface area contributed by atoms with Gasteiger partial charge in [-0.15, -0.1) is 6.58 Å². The second kappa shape index (κ2) is 4.77. The van der Waals surface area contributed by atoms with E-state index < -0.39 is 5.60 Å². The highest BCUT2D eigenvalue weighted by atomic mass is 16.3. The molecule has 0 bridgehead atoms. The fourth-order valence-corrected chi connectivity index (χ4v) is 1.20. The summed E-state index contributed by atoms with van der Waals surface area (Å²) in [6, 6.07) is 9.92. The van der Waals surface area contributed by atoms with Gasteiger partial charge >= 0.3 is 0 Å². The summed E-state index contributed by atoms with van der Waals surface area (Å²) >= 11 is 0. The van der Waals surface area contributed by atoms with Crippen LogP contribution in [0.4, 0.5) is 0 Å². The van der Waals surface area contributed by atoms with Crippen molar-refractivity contribution in [3.8, 4) is 0 Å². The van der Waals surface area contributed by atoms with Crippen LogP contribution in [0.5, 0.6) is 0 Å². The van der Waals surface area contributed by atoms with E-state index in [-0.39, 0.29) is 0 Å². The van der Waals surface area contributed by atoms with E-state index in [1.165, 1.54) is 0 Å². The zero-order valence-electron chi connectivity index (χ0n) is 8.48. The quantitative estimate of drug-likeness (QED) is 0.720. The van der Waals surface area contributed by atoms with Crippen molar-refractivity contribution in [3.63, 3.8) is 0 Å². The molecule has 1 heteroatoms. The van der Waals surface area contributed by atoms with Gasteiger partial charge in [0.2, 0.25) is 0 Å². The summed E-state index contributed by atoms with van der Waals surface area (Å²) < 4.78 is 0. The first-order valence-corrected chi connectivity index (χ1v) is 4.72. The number of rotatable bonds is 4. The lowest BCUT2D eigenvalue weighted by Crippen LogP contribution is -2.18. The summed E-state index contributed by atoms with van der Waals surface area (Å²) in [6.07, 6.45) is 6.00. The third-order valence-electron chi connectivity index (χ3n) is 1.99. The molecule has 1 rings (SSSR count). The van der Waals surface area contributed by atoms with E-state index in [1.54, 1.807) is 19.1 Å². The van der Waals surface area contributed by atoms with Gasteiger partial charge in [0.1, 0.15) is 0 Å². The Bertz CT molecular complexity index is 309. The van der Waals surface area contributed by atoms with Gasteiger partial charge in [-0.3, -0.25) is 0 Å². The minimum absolute atomic E-state index is 0.566. The Labute approximate surface area is 85.4 Å². The van der Waals surface area contributed by atoms with E-state index in [2.05, 4.69) is 6.58 Å². The minimum Gasteiger partial charge on any atom is -0.386 e. The molecule has 74 valence electrons. The van der Waals surface area contributed by atoms with Gasteiger partial charge in [0.05, 0.1) is 5.60 Å². The third kappa shape index (κ3) is 3.58. The Morgan fingerprint density at radius 3 is 2.57 bits per heavy atom. The van der Waals surface area contributed by atoms with Crippen LogP contribution >= 0.6 is 0 Å². The zero-order valence-corrected chi connectivity index (χ0v) is 8.48. The standard InChI is InChI=1S/C13H16O/c1-3-10-13(2,14)11-9-12-7-5-4-6-8-12/h3-9,11,14H,1,10H2,2H3/t13-/m1/s1. The molecule has 0 aliphatic heterocycles. The van der Waals surface area contributed by atoms with Crippen molar-refractivity contribution in [2.45, 2.75) is 18.9 Å². The molecule has 0 aromatic heterocycles. The summed E-state index contributed by atoms with van der Waals surface area (Å²) in [5.41, 5.74) is 0.300. The average Bonchev–Trinajstić information content (AvgIpc) is 2.17. The molecule has 0 unspecified atom stereocenters. The highest BCUT2D eigenvalue weighted by Crippen LogP contribution is 2.13. The summed E-state index contributed by atoms with van der Waals surface area (Å²) in [5, 5.41) is 9.82. The second-order valence-electron chi connectivity index (χ2n) is 3.59. The van der Waals surface area contributed by atoms with Gasteiger partial charge in [-0.05, 0) is 18.9 Å². The molecule has 0 spiro atoms. The molecule has 1 aromatic carbocycles. The lowest BCUT2D eigenvalue weighted by atomic mass is 10.0. The van der Waals surface area contributed by atoms with Gasteiger partial charge in [0, 0.05) is 0 Å². The molecule has 1 N–H and O–H groups in total. The smallest absolute Gasteiger partial charge is 0.0837 e. The Kier molecular flexibility index (Phi) is 3.66. The molecule has 0 aliphatic rings. The van der Waals surface area contributed by atoms with E-state index >= 15 is 0 Å². The Morgan fingerprint density at radius 2 is 2.00 bits per heavy atom. The number of aliphatic hydroxyl groups is 1. The SMILES string of the molecule is C=CC[C@@](C)(O)C=Cc1ccccc1. The Balaban J connectivity index is 2.68. The first-order chi connectivity index (χ1) is 6.64. The van der Waals surface area contributed by atoms with E-state index in [9.17, 15) is 5.11 Å².